The predicted octanol–water partition coefficient (Wildman–Crippen LogP) is 6.07. The van der Waals surface area contributed by atoms with Gasteiger partial charge in [-0.05, 0) is 77.4 Å². The number of rotatable bonds is 12. The number of hydrogen-bond donors (Lipinski definition) is 0. The number of esters is 2. The SMILES string of the molecule is C=COCCc1ccc(C(=O)Oc2ccc(-c3ccc(OC(=O)c4ccc(OCC=O)cc4)cc3)cc2)cc1. The largest absolute Gasteiger partial charge is 0.501 e. The monoisotopic (exact) mass is 522 g/mol. The molecule has 39 heavy (non-hydrogen) atoms. The van der Waals surface area contributed by atoms with Gasteiger partial charge in [0.2, 0.25) is 0 Å². The molecule has 7 nitrogen and oxygen atoms in total. The number of carbonyl (C=O) groups is 3. The minimum atomic E-state index is -0.507. The molecule has 0 heterocycles. The second kappa shape index (κ2) is 13.4. The van der Waals surface area contributed by atoms with E-state index in [4.69, 9.17) is 18.9 Å². The molecule has 0 aliphatic heterocycles. The third-order valence-corrected chi connectivity index (χ3v) is 5.69. The maximum Gasteiger partial charge on any atom is 0.343 e. The Bertz CT molecular complexity index is 1410. The van der Waals surface area contributed by atoms with Crippen molar-refractivity contribution in [3.63, 3.8) is 0 Å². The summed E-state index contributed by atoms with van der Waals surface area (Å²) in [6.45, 7) is 3.99. The molecule has 0 aliphatic carbocycles. The molecule has 0 bridgehead atoms. The number of aldehydes is 1. The van der Waals surface area contributed by atoms with Gasteiger partial charge in [-0.3, -0.25) is 4.79 Å². The Morgan fingerprint density at radius 1 is 0.641 bits per heavy atom. The number of hydrogen-bond acceptors (Lipinski definition) is 7. The molecule has 4 rings (SSSR count). The number of carbonyl (C=O) groups excluding carboxylic acids is 3. The van der Waals surface area contributed by atoms with Crippen LogP contribution in [0.2, 0.25) is 0 Å². The van der Waals surface area contributed by atoms with Gasteiger partial charge in [0.05, 0.1) is 24.0 Å². The van der Waals surface area contributed by atoms with Crippen molar-refractivity contribution in [3.8, 4) is 28.4 Å². The molecule has 0 aromatic heterocycles. The van der Waals surface area contributed by atoms with Gasteiger partial charge in [0.25, 0.3) is 0 Å². The van der Waals surface area contributed by atoms with Crippen LogP contribution in [0.5, 0.6) is 17.2 Å². The third kappa shape index (κ3) is 7.66. The molecule has 196 valence electrons. The molecule has 0 unspecified atom stereocenters. The summed E-state index contributed by atoms with van der Waals surface area (Å²) in [5.41, 5.74) is 3.68. The molecule has 4 aromatic carbocycles. The van der Waals surface area contributed by atoms with E-state index in [2.05, 4.69) is 6.58 Å². The van der Waals surface area contributed by atoms with E-state index in [1.54, 1.807) is 60.7 Å². The highest BCUT2D eigenvalue weighted by Gasteiger charge is 2.11. The smallest absolute Gasteiger partial charge is 0.343 e. The quantitative estimate of drug-likeness (QED) is 0.0733. The Balaban J connectivity index is 1.31. The van der Waals surface area contributed by atoms with Gasteiger partial charge < -0.3 is 18.9 Å². The minimum absolute atomic E-state index is 0.0493. The Morgan fingerprint density at radius 3 is 1.56 bits per heavy atom. The Hall–Kier alpha value is -5.17. The molecular weight excluding hydrogens is 496 g/mol. The van der Waals surface area contributed by atoms with Gasteiger partial charge >= 0.3 is 11.9 Å². The van der Waals surface area contributed by atoms with Crippen molar-refractivity contribution in [1.82, 2.24) is 0 Å². The highest BCUT2D eigenvalue weighted by molar-refractivity contribution is 5.91. The Kier molecular flexibility index (Phi) is 9.23. The minimum Gasteiger partial charge on any atom is -0.501 e. The van der Waals surface area contributed by atoms with E-state index in [1.165, 1.54) is 6.26 Å². The third-order valence-electron chi connectivity index (χ3n) is 5.69. The summed E-state index contributed by atoms with van der Waals surface area (Å²) in [5, 5.41) is 0. The van der Waals surface area contributed by atoms with Crippen molar-refractivity contribution in [2.45, 2.75) is 6.42 Å². The zero-order valence-electron chi connectivity index (χ0n) is 21.1. The lowest BCUT2D eigenvalue weighted by Crippen LogP contribution is -2.08. The number of ether oxygens (including phenoxy) is 4. The molecule has 0 N–H and O–H groups in total. The zero-order chi connectivity index (χ0) is 27.5. The molecule has 0 atom stereocenters. The van der Waals surface area contributed by atoms with Gasteiger partial charge in [-0.2, -0.15) is 0 Å². The van der Waals surface area contributed by atoms with Gasteiger partial charge in [0, 0.05) is 6.42 Å². The lowest BCUT2D eigenvalue weighted by Gasteiger charge is -2.08. The summed E-state index contributed by atoms with van der Waals surface area (Å²) in [5.74, 6) is 0.372. The van der Waals surface area contributed by atoms with Crippen molar-refractivity contribution >= 4 is 18.2 Å². The molecule has 4 aromatic rings. The van der Waals surface area contributed by atoms with Crippen molar-refractivity contribution in [3.05, 3.63) is 127 Å². The van der Waals surface area contributed by atoms with Crippen LogP contribution in [-0.4, -0.2) is 31.4 Å². The summed E-state index contributed by atoms with van der Waals surface area (Å²) >= 11 is 0. The van der Waals surface area contributed by atoms with E-state index in [-0.39, 0.29) is 6.61 Å². The second-order valence-electron chi connectivity index (χ2n) is 8.31. The average Bonchev–Trinajstić information content (AvgIpc) is 2.97. The topological polar surface area (TPSA) is 88.1 Å². The van der Waals surface area contributed by atoms with Gasteiger partial charge in [-0.1, -0.05) is 43.0 Å². The van der Waals surface area contributed by atoms with Gasteiger partial charge in [-0.25, -0.2) is 9.59 Å². The molecule has 0 saturated heterocycles. The lowest BCUT2D eigenvalue weighted by atomic mass is 10.1. The molecule has 0 radical (unpaired) electrons. The first-order valence-electron chi connectivity index (χ1n) is 12.2. The fraction of sp³-hybridized carbons (Fsp3) is 0.0938. The highest BCUT2D eigenvalue weighted by atomic mass is 16.5. The summed E-state index contributed by atoms with van der Waals surface area (Å²) in [6, 6.07) is 27.8. The van der Waals surface area contributed by atoms with Crippen LogP contribution in [-0.2, 0) is 16.0 Å². The Labute approximate surface area is 226 Å². The maximum atomic E-state index is 12.5. The van der Waals surface area contributed by atoms with Gasteiger partial charge in [0.15, 0.2) is 6.29 Å². The first-order chi connectivity index (χ1) is 19.1. The highest BCUT2D eigenvalue weighted by Crippen LogP contribution is 2.26. The zero-order valence-corrected chi connectivity index (χ0v) is 21.1. The van der Waals surface area contributed by atoms with Gasteiger partial charge in [-0.15, -0.1) is 0 Å². The van der Waals surface area contributed by atoms with E-state index in [0.29, 0.717) is 41.3 Å². The van der Waals surface area contributed by atoms with Crippen LogP contribution in [0.25, 0.3) is 11.1 Å². The first-order valence-corrected chi connectivity index (χ1v) is 12.2. The molecule has 0 fully saturated rings. The van der Waals surface area contributed by atoms with E-state index in [0.717, 1.165) is 23.1 Å². The molecule has 0 aliphatic rings. The predicted molar refractivity (Wildman–Crippen MR) is 146 cm³/mol. The van der Waals surface area contributed by atoms with Crippen LogP contribution in [0.4, 0.5) is 0 Å². The molecule has 0 spiro atoms. The molecular formula is C32H26O7. The molecule has 7 heteroatoms. The van der Waals surface area contributed by atoms with Crippen LogP contribution in [0.3, 0.4) is 0 Å². The van der Waals surface area contributed by atoms with Crippen LogP contribution in [0.1, 0.15) is 26.3 Å². The first kappa shape index (κ1) is 26.9. The maximum absolute atomic E-state index is 12.5. The van der Waals surface area contributed by atoms with Crippen molar-refractivity contribution in [2.24, 2.45) is 0 Å². The van der Waals surface area contributed by atoms with Gasteiger partial charge in [0.1, 0.15) is 23.9 Å². The Morgan fingerprint density at radius 2 is 1.10 bits per heavy atom. The average molecular weight is 523 g/mol. The molecule has 0 amide bonds. The summed E-state index contributed by atoms with van der Waals surface area (Å²) in [4.78, 5) is 35.3. The second-order valence-corrected chi connectivity index (χ2v) is 8.31. The van der Waals surface area contributed by atoms with E-state index >= 15 is 0 Å². The van der Waals surface area contributed by atoms with E-state index in [9.17, 15) is 14.4 Å². The fourth-order valence-corrected chi connectivity index (χ4v) is 3.65. The lowest BCUT2D eigenvalue weighted by molar-refractivity contribution is -0.109. The van der Waals surface area contributed by atoms with Crippen molar-refractivity contribution in [1.29, 1.82) is 0 Å². The van der Waals surface area contributed by atoms with Crippen molar-refractivity contribution < 1.29 is 33.3 Å². The van der Waals surface area contributed by atoms with Crippen molar-refractivity contribution in [2.75, 3.05) is 13.2 Å². The van der Waals surface area contributed by atoms with Crippen LogP contribution in [0, 0.1) is 0 Å². The number of benzene rings is 4. The normalized spacial score (nSPS) is 10.3. The van der Waals surface area contributed by atoms with E-state index < -0.39 is 11.9 Å². The van der Waals surface area contributed by atoms with Crippen LogP contribution in [0.15, 0.2) is 110 Å². The fourth-order valence-electron chi connectivity index (χ4n) is 3.65. The standard InChI is InChI=1S/C32H26O7/c1-2-36-21-19-23-3-5-26(6-4-23)31(34)38-29-15-7-24(8-16-29)25-9-17-30(18-10-25)39-32(35)27-11-13-28(14-12-27)37-22-20-33/h2-18,20H,1,19,21-22H2. The van der Waals surface area contributed by atoms with Crippen LogP contribution >= 0.6 is 0 Å². The summed E-state index contributed by atoms with van der Waals surface area (Å²) in [6.07, 6.45) is 2.78. The molecule has 0 saturated carbocycles. The van der Waals surface area contributed by atoms with E-state index in [1.807, 2.05) is 36.4 Å². The summed E-state index contributed by atoms with van der Waals surface area (Å²) < 4.78 is 21.3. The van der Waals surface area contributed by atoms with Crippen LogP contribution < -0.4 is 14.2 Å². The summed E-state index contributed by atoms with van der Waals surface area (Å²) in [7, 11) is 0.